The first kappa shape index (κ1) is 18.2. The Bertz CT molecular complexity index is 898. The molecule has 1 aromatic heterocycles. The summed E-state index contributed by atoms with van der Waals surface area (Å²) in [4.78, 5) is 17.4. The molecular weight excluding hydrogens is 370 g/mol. The zero-order valence-corrected chi connectivity index (χ0v) is 15.7. The Morgan fingerprint density at radius 1 is 1.23 bits per heavy atom. The molecule has 0 atom stereocenters. The van der Waals surface area contributed by atoms with E-state index in [1.165, 1.54) is 11.3 Å². The molecule has 1 heterocycles. The summed E-state index contributed by atoms with van der Waals surface area (Å²) in [6.45, 7) is 0.145. The first-order chi connectivity index (χ1) is 12.6. The third-order valence-electron chi connectivity index (χ3n) is 3.65. The van der Waals surface area contributed by atoms with Gasteiger partial charge in [0.2, 0.25) is 5.91 Å². The second-order valence-electron chi connectivity index (χ2n) is 5.53. The number of amides is 1. The van der Waals surface area contributed by atoms with Crippen molar-refractivity contribution in [2.45, 2.75) is 6.42 Å². The van der Waals surface area contributed by atoms with Crippen LogP contribution >= 0.6 is 22.9 Å². The Balaban J connectivity index is 1.53. The lowest BCUT2D eigenvalue weighted by Gasteiger charge is -2.07. The second-order valence-corrected chi connectivity index (χ2v) is 7.06. The molecule has 0 unspecified atom stereocenters. The lowest BCUT2D eigenvalue weighted by atomic mass is 10.1. The maximum absolute atomic E-state index is 12.1. The van der Waals surface area contributed by atoms with Crippen LogP contribution in [0.2, 0.25) is 5.02 Å². The van der Waals surface area contributed by atoms with Crippen LogP contribution in [0, 0.1) is 0 Å². The standard InChI is InChI=1S/C19H18ClN3O2S/c1-25-15-7-4-6-14(10-15)21-12-18(24)23-19-22-11-16(26-19)9-13-5-2-3-8-17(13)20/h2-8,10-11,21H,9,12H2,1H3,(H,22,23,24). The molecule has 0 aliphatic carbocycles. The first-order valence-corrected chi connectivity index (χ1v) is 9.19. The fourth-order valence-electron chi connectivity index (χ4n) is 2.36. The largest absolute Gasteiger partial charge is 0.497 e. The molecule has 3 rings (SSSR count). The maximum atomic E-state index is 12.1. The van der Waals surface area contributed by atoms with Crippen LogP contribution in [-0.2, 0) is 11.2 Å². The molecule has 3 aromatic rings. The van der Waals surface area contributed by atoms with E-state index < -0.39 is 0 Å². The van der Waals surface area contributed by atoms with Crippen molar-refractivity contribution in [3.8, 4) is 5.75 Å². The third-order valence-corrected chi connectivity index (χ3v) is 4.93. The quantitative estimate of drug-likeness (QED) is 0.628. The summed E-state index contributed by atoms with van der Waals surface area (Å²) in [5.74, 6) is 0.575. The summed E-state index contributed by atoms with van der Waals surface area (Å²) in [6.07, 6.45) is 2.45. The number of hydrogen-bond acceptors (Lipinski definition) is 5. The Kier molecular flexibility index (Phi) is 6.09. The summed E-state index contributed by atoms with van der Waals surface area (Å²) in [6, 6.07) is 15.1. The molecule has 0 spiro atoms. The number of anilines is 2. The van der Waals surface area contributed by atoms with Crippen LogP contribution in [0.3, 0.4) is 0 Å². The Morgan fingerprint density at radius 2 is 2.08 bits per heavy atom. The van der Waals surface area contributed by atoms with Gasteiger partial charge in [-0.15, -0.1) is 11.3 Å². The van der Waals surface area contributed by atoms with E-state index in [2.05, 4.69) is 15.6 Å². The van der Waals surface area contributed by atoms with E-state index >= 15 is 0 Å². The molecule has 2 aromatic carbocycles. The normalized spacial score (nSPS) is 10.4. The molecule has 2 N–H and O–H groups in total. The lowest BCUT2D eigenvalue weighted by Crippen LogP contribution is -2.21. The van der Waals surface area contributed by atoms with Crippen LogP contribution in [0.4, 0.5) is 10.8 Å². The van der Waals surface area contributed by atoms with Crippen LogP contribution in [0.25, 0.3) is 0 Å². The molecule has 0 bridgehead atoms. The van der Waals surface area contributed by atoms with Gasteiger partial charge < -0.3 is 15.4 Å². The van der Waals surface area contributed by atoms with E-state index in [0.717, 1.165) is 26.9 Å². The van der Waals surface area contributed by atoms with Crippen LogP contribution < -0.4 is 15.4 Å². The number of nitrogens with one attached hydrogen (secondary N) is 2. The molecule has 134 valence electrons. The highest BCUT2D eigenvalue weighted by molar-refractivity contribution is 7.15. The van der Waals surface area contributed by atoms with Gasteiger partial charge in [-0.2, -0.15) is 0 Å². The van der Waals surface area contributed by atoms with Gasteiger partial charge in [0.25, 0.3) is 0 Å². The maximum Gasteiger partial charge on any atom is 0.245 e. The number of halogens is 1. The van der Waals surface area contributed by atoms with Gasteiger partial charge in [-0.3, -0.25) is 4.79 Å². The average molecular weight is 388 g/mol. The van der Waals surface area contributed by atoms with Gasteiger partial charge in [0.15, 0.2) is 5.13 Å². The van der Waals surface area contributed by atoms with E-state index in [1.54, 1.807) is 13.3 Å². The SMILES string of the molecule is COc1cccc(NCC(=O)Nc2ncc(Cc3ccccc3Cl)s2)c1. The molecule has 7 heteroatoms. The molecular formula is C19H18ClN3O2S. The highest BCUT2D eigenvalue weighted by Crippen LogP contribution is 2.24. The number of thiazole rings is 1. The highest BCUT2D eigenvalue weighted by Gasteiger charge is 2.09. The van der Waals surface area contributed by atoms with Crippen molar-refractivity contribution in [1.82, 2.24) is 4.98 Å². The lowest BCUT2D eigenvalue weighted by molar-refractivity contribution is -0.114. The topological polar surface area (TPSA) is 63.2 Å². The van der Waals surface area contributed by atoms with Gasteiger partial charge in [0.1, 0.15) is 5.75 Å². The molecule has 26 heavy (non-hydrogen) atoms. The van der Waals surface area contributed by atoms with Gasteiger partial charge in [-0.05, 0) is 23.8 Å². The minimum absolute atomic E-state index is 0.145. The molecule has 5 nitrogen and oxygen atoms in total. The van der Waals surface area contributed by atoms with E-state index in [1.807, 2.05) is 48.5 Å². The van der Waals surface area contributed by atoms with Gasteiger partial charge in [-0.1, -0.05) is 35.9 Å². The smallest absolute Gasteiger partial charge is 0.245 e. The summed E-state index contributed by atoms with van der Waals surface area (Å²) in [5.41, 5.74) is 1.86. The Labute approximate surface area is 161 Å². The molecule has 0 fully saturated rings. The number of methoxy groups -OCH3 is 1. The van der Waals surface area contributed by atoms with Crippen molar-refractivity contribution in [2.24, 2.45) is 0 Å². The number of benzene rings is 2. The number of nitrogens with zero attached hydrogens (tertiary/aromatic N) is 1. The zero-order chi connectivity index (χ0) is 18.4. The molecule has 0 aliphatic rings. The summed E-state index contributed by atoms with van der Waals surface area (Å²) in [7, 11) is 1.61. The van der Waals surface area contributed by atoms with Crippen molar-refractivity contribution in [2.75, 3.05) is 24.3 Å². The number of rotatable bonds is 7. The Hall–Kier alpha value is -2.57. The number of aromatic nitrogens is 1. The minimum Gasteiger partial charge on any atom is -0.497 e. The first-order valence-electron chi connectivity index (χ1n) is 8.00. The molecule has 1 amide bonds. The fraction of sp³-hybridized carbons (Fsp3) is 0.158. The van der Waals surface area contributed by atoms with Crippen LogP contribution in [0.5, 0.6) is 5.75 Å². The summed E-state index contributed by atoms with van der Waals surface area (Å²) >= 11 is 7.63. The predicted octanol–water partition coefficient (Wildman–Crippen LogP) is 4.45. The Morgan fingerprint density at radius 3 is 2.88 bits per heavy atom. The van der Waals surface area contributed by atoms with Crippen molar-refractivity contribution < 1.29 is 9.53 Å². The average Bonchev–Trinajstić information content (AvgIpc) is 3.09. The zero-order valence-electron chi connectivity index (χ0n) is 14.2. The molecule has 0 radical (unpaired) electrons. The van der Waals surface area contributed by atoms with Gasteiger partial charge >= 0.3 is 0 Å². The van der Waals surface area contributed by atoms with Gasteiger partial charge in [0.05, 0.1) is 13.7 Å². The molecule has 0 saturated carbocycles. The second kappa shape index (κ2) is 8.69. The number of ether oxygens (including phenoxy) is 1. The monoisotopic (exact) mass is 387 g/mol. The third kappa shape index (κ3) is 4.97. The van der Waals surface area contributed by atoms with Crippen LogP contribution in [-0.4, -0.2) is 24.5 Å². The number of carbonyl (C=O) groups excluding carboxylic acids is 1. The van der Waals surface area contributed by atoms with Crippen LogP contribution in [0.15, 0.2) is 54.7 Å². The van der Waals surface area contributed by atoms with Gasteiger partial charge in [-0.25, -0.2) is 4.98 Å². The van der Waals surface area contributed by atoms with E-state index in [0.29, 0.717) is 11.6 Å². The van der Waals surface area contributed by atoms with E-state index in [4.69, 9.17) is 16.3 Å². The molecule has 0 saturated heterocycles. The summed E-state index contributed by atoms with van der Waals surface area (Å²) in [5, 5.41) is 7.17. The number of hydrogen-bond donors (Lipinski definition) is 2. The van der Waals surface area contributed by atoms with Gasteiger partial charge in [0, 0.05) is 34.3 Å². The van der Waals surface area contributed by atoms with Crippen molar-refractivity contribution >= 4 is 39.7 Å². The highest BCUT2D eigenvalue weighted by atomic mass is 35.5. The van der Waals surface area contributed by atoms with E-state index in [-0.39, 0.29) is 12.5 Å². The van der Waals surface area contributed by atoms with E-state index in [9.17, 15) is 4.79 Å². The predicted molar refractivity (Wildman–Crippen MR) is 106 cm³/mol. The fourth-order valence-corrected chi connectivity index (χ4v) is 3.41. The molecule has 0 aliphatic heterocycles. The van der Waals surface area contributed by atoms with Crippen molar-refractivity contribution in [3.05, 3.63) is 70.2 Å². The van der Waals surface area contributed by atoms with Crippen molar-refractivity contribution in [3.63, 3.8) is 0 Å². The minimum atomic E-state index is -0.161. The number of carbonyl (C=O) groups is 1. The van der Waals surface area contributed by atoms with Crippen LogP contribution in [0.1, 0.15) is 10.4 Å². The van der Waals surface area contributed by atoms with Crippen molar-refractivity contribution in [1.29, 1.82) is 0 Å². The summed E-state index contributed by atoms with van der Waals surface area (Å²) < 4.78 is 5.16.